The molecule has 0 bridgehead atoms. The van der Waals surface area contributed by atoms with E-state index in [1.54, 1.807) is 18.2 Å². The smallest absolute Gasteiger partial charge is 0.348 e. The van der Waals surface area contributed by atoms with Crippen LogP contribution in [0.1, 0.15) is 25.8 Å². The van der Waals surface area contributed by atoms with Crippen LogP contribution in [0.4, 0.5) is 5.69 Å². The van der Waals surface area contributed by atoms with Crippen molar-refractivity contribution in [1.82, 2.24) is 0 Å². The van der Waals surface area contributed by atoms with Crippen molar-refractivity contribution in [3.63, 3.8) is 0 Å². The molecule has 134 valence electrons. The zero-order valence-corrected chi connectivity index (χ0v) is 15.2. The molecule has 0 aliphatic heterocycles. The molecule has 0 saturated heterocycles. The lowest BCUT2D eigenvalue weighted by Gasteiger charge is -2.01. The summed E-state index contributed by atoms with van der Waals surface area (Å²) in [4.78, 5) is 25.0. The van der Waals surface area contributed by atoms with E-state index in [0.29, 0.717) is 5.58 Å². The lowest BCUT2D eigenvalue weighted by molar-refractivity contribution is 0.0703. The minimum atomic E-state index is -1.08. The molecule has 0 spiro atoms. The van der Waals surface area contributed by atoms with Crippen LogP contribution in [0.25, 0.3) is 21.4 Å². The fraction of sp³-hybridized carbons (Fsp3) is 0.0476. The van der Waals surface area contributed by atoms with Gasteiger partial charge >= 0.3 is 5.97 Å². The molecule has 0 aliphatic carbocycles. The molecule has 0 aliphatic rings. The predicted octanol–water partition coefficient (Wildman–Crippen LogP) is 5.42. The number of carboxylic acids is 1. The standard InChI is InChI=1S/C21H15NO4S/c1-12-6-8-13(9-7-12)18-11-15(19(27-18)21(24)25)22-20(23)17-10-14-4-2-3-5-16(14)26-17/h2-11H,1H3,(H,22,23)(H,24,25). The Hall–Kier alpha value is -3.38. The number of carboxylic acid groups (broad SMARTS) is 1. The van der Waals surface area contributed by atoms with E-state index in [4.69, 9.17) is 4.42 Å². The van der Waals surface area contributed by atoms with Crippen LogP contribution in [0.3, 0.4) is 0 Å². The Bertz CT molecular complexity index is 1120. The van der Waals surface area contributed by atoms with E-state index in [-0.39, 0.29) is 16.3 Å². The topological polar surface area (TPSA) is 79.5 Å². The Morgan fingerprint density at radius 1 is 1.04 bits per heavy atom. The van der Waals surface area contributed by atoms with Crippen molar-refractivity contribution < 1.29 is 19.1 Å². The second-order valence-corrected chi connectivity index (χ2v) is 7.18. The summed E-state index contributed by atoms with van der Waals surface area (Å²) >= 11 is 1.12. The van der Waals surface area contributed by atoms with Gasteiger partial charge in [0.25, 0.3) is 5.91 Å². The second kappa shape index (κ2) is 6.74. The highest BCUT2D eigenvalue weighted by molar-refractivity contribution is 7.18. The maximum atomic E-state index is 12.6. The number of nitrogens with one attached hydrogen (secondary N) is 1. The van der Waals surface area contributed by atoms with Crippen molar-refractivity contribution in [1.29, 1.82) is 0 Å². The first-order valence-electron chi connectivity index (χ1n) is 8.25. The van der Waals surface area contributed by atoms with Gasteiger partial charge in [0.1, 0.15) is 10.5 Å². The Balaban J connectivity index is 1.66. The number of para-hydroxylation sites is 1. The number of amides is 1. The van der Waals surface area contributed by atoms with Gasteiger partial charge < -0.3 is 14.8 Å². The van der Waals surface area contributed by atoms with E-state index in [0.717, 1.165) is 32.7 Å². The van der Waals surface area contributed by atoms with Crippen molar-refractivity contribution in [2.75, 3.05) is 5.32 Å². The number of anilines is 1. The number of fused-ring (bicyclic) bond motifs is 1. The van der Waals surface area contributed by atoms with Crippen LogP contribution in [-0.2, 0) is 0 Å². The molecule has 2 aromatic heterocycles. The number of hydrogen-bond donors (Lipinski definition) is 2. The van der Waals surface area contributed by atoms with Gasteiger partial charge in [-0.15, -0.1) is 11.3 Å². The SMILES string of the molecule is Cc1ccc(-c2cc(NC(=O)c3cc4ccccc4o3)c(C(=O)O)s2)cc1. The van der Waals surface area contributed by atoms with E-state index in [1.165, 1.54) is 0 Å². The summed E-state index contributed by atoms with van der Waals surface area (Å²) in [5.41, 5.74) is 2.88. The van der Waals surface area contributed by atoms with Gasteiger partial charge in [-0.1, -0.05) is 48.0 Å². The molecule has 2 N–H and O–H groups in total. The molecule has 27 heavy (non-hydrogen) atoms. The first-order valence-corrected chi connectivity index (χ1v) is 9.07. The first-order chi connectivity index (χ1) is 13.0. The Morgan fingerprint density at radius 3 is 2.48 bits per heavy atom. The molecular formula is C21H15NO4S. The van der Waals surface area contributed by atoms with Crippen molar-refractivity contribution in [2.24, 2.45) is 0 Å². The van der Waals surface area contributed by atoms with Gasteiger partial charge in [0, 0.05) is 10.3 Å². The monoisotopic (exact) mass is 377 g/mol. The molecular weight excluding hydrogens is 362 g/mol. The lowest BCUT2D eigenvalue weighted by atomic mass is 10.1. The van der Waals surface area contributed by atoms with Gasteiger partial charge in [0.2, 0.25) is 0 Å². The number of rotatable bonds is 4. The third-order valence-electron chi connectivity index (χ3n) is 4.16. The summed E-state index contributed by atoms with van der Waals surface area (Å²) in [6.07, 6.45) is 0. The Labute approximate surface area is 158 Å². The number of aryl methyl sites for hydroxylation is 1. The Morgan fingerprint density at radius 2 is 1.78 bits per heavy atom. The summed E-state index contributed by atoms with van der Waals surface area (Å²) in [7, 11) is 0. The third-order valence-corrected chi connectivity index (χ3v) is 5.33. The number of hydrogen-bond acceptors (Lipinski definition) is 4. The summed E-state index contributed by atoms with van der Waals surface area (Å²) in [5.74, 6) is -1.43. The lowest BCUT2D eigenvalue weighted by Crippen LogP contribution is -2.12. The highest BCUT2D eigenvalue weighted by Crippen LogP contribution is 2.35. The van der Waals surface area contributed by atoms with Gasteiger partial charge in [-0.25, -0.2) is 4.79 Å². The van der Waals surface area contributed by atoms with Gasteiger partial charge in [-0.2, -0.15) is 0 Å². The molecule has 0 unspecified atom stereocenters. The fourth-order valence-corrected chi connectivity index (χ4v) is 3.74. The summed E-state index contributed by atoms with van der Waals surface area (Å²) in [6.45, 7) is 1.99. The van der Waals surface area contributed by atoms with Gasteiger partial charge in [0.15, 0.2) is 5.76 Å². The maximum absolute atomic E-state index is 12.6. The molecule has 6 heteroatoms. The number of thiophene rings is 1. The number of furan rings is 1. The van der Waals surface area contributed by atoms with Crippen LogP contribution >= 0.6 is 11.3 Å². The van der Waals surface area contributed by atoms with E-state index in [2.05, 4.69) is 5.32 Å². The zero-order chi connectivity index (χ0) is 19.0. The van der Waals surface area contributed by atoms with Crippen molar-refractivity contribution in [3.05, 3.63) is 76.9 Å². The van der Waals surface area contributed by atoms with Crippen LogP contribution in [0.2, 0.25) is 0 Å². The largest absolute Gasteiger partial charge is 0.477 e. The van der Waals surface area contributed by atoms with Crippen LogP contribution in [0, 0.1) is 6.92 Å². The average molecular weight is 377 g/mol. The predicted molar refractivity (Wildman–Crippen MR) is 106 cm³/mol. The highest BCUT2D eigenvalue weighted by atomic mass is 32.1. The Kier molecular flexibility index (Phi) is 4.25. The zero-order valence-electron chi connectivity index (χ0n) is 14.4. The molecule has 1 amide bonds. The van der Waals surface area contributed by atoms with Crippen molar-refractivity contribution in [3.8, 4) is 10.4 Å². The number of aromatic carboxylic acids is 1. The quantitative estimate of drug-likeness (QED) is 0.498. The molecule has 2 aromatic carbocycles. The minimum absolute atomic E-state index is 0.0787. The normalized spacial score (nSPS) is 10.9. The summed E-state index contributed by atoms with van der Waals surface area (Å²) in [6, 6.07) is 18.4. The second-order valence-electron chi connectivity index (χ2n) is 6.13. The molecule has 0 fully saturated rings. The highest BCUT2D eigenvalue weighted by Gasteiger charge is 2.20. The van der Waals surface area contributed by atoms with E-state index in [9.17, 15) is 14.7 Å². The molecule has 5 nitrogen and oxygen atoms in total. The van der Waals surface area contributed by atoms with E-state index in [1.807, 2.05) is 49.4 Å². The summed E-state index contributed by atoms with van der Waals surface area (Å²) < 4.78 is 5.55. The van der Waals surface area contributed by atoms with Crippen LogP contribution in [-0.4, -0.2) is 17.0 Å². The summed E-state index contributed by atoms with van der Waals surface area (Å²) in [5, 5.41) is 13.0. The number of benzene rings is 2. The first kappa shape index (κ1) is 17.1. The van der Waals surface area contributed by atoms with Gasteiger partial charge in [-0.05, 0) is 30.7 Å². The minimum Gasteiger partial charge on any atom is -0.477 e. The molecule has 2 heterocycles. The van der Waals surface area contributed by atoms with Gasteiger partial charge in [-0.3, -0.25) is 4.79 Å². The number of carbonyl (C=O) groups is 2. The van der Waals surface area contributed by atoms with E-state index >= 15 is 0 Å². The molecule has 4 aromatic rings. The van der Waals surface area contributed by atoms with E-state index < -0.39 is 11.9 Å². The average Bonchev–Trinajstić information content (AvgIpc) is 3.26. The fourth-order valence-electron chi connectivity index (χ4n) is 2.78. The van der Waals surface area contributed by atoms with Crippen LogP contribution in [0.15, 0.2) is 65.1 Å². The molecule has 0 saturated carbocycles. The third kappa shape index (κ3) is 3.35. The molecule has 0 atom stereocenters. The molecule has 4 rings (SSSR count). The molecule has 0 radical (unpaired) electrons. The van der Waals surface area contributed by atoms with Gasteiger partial charge in [0.05, 0.1) is 5.69 Å². The van der Waals surface area contributed by atoms with Crippen molar-refractivity contribution in [2.45, 2.75) is 6.92 Å². The maximum Gasteiger partial charge on any atom is 0.348 e. The number of carbonyl (C=O) groups excluding carboxylic acids is 1. The van der Waals surface area contributed by atoms with Crippen LogP contribution < -0.4 is 5.32 Å². The van der Waals surface area contributed by atoms with Crippen LogP contribution in [0.5, 0.6) is 0 Å². The van der Waals surface area contributed by atoms with Crippen molar-refractivity contribution >= 4 is 39.9 Å².